The van der Waals surface area contributed by atoms with Crippen molar-refractivity contribution in [2.75, 3.05) is 13.1 Å². The first-order valence-corrected chi connectivity index (χ1v) is 9.90. The minimum absolute atomic E-state index is 0.120. The largest absolute Gasteiger partial charge is 0.444 e. The Morgan fingerprint density at radius 2 is 1.90 bits per heavy atom. The van der Waals surface area contributed by atoms with Crippen LogP contribution >= 0.6 is 11.6 Å². The predicted octanol–water partition coefficient (Wildman–Crippen LogP) is 4.51. The number of hydrogen-bond acceptors (Lipinski definition) is 5. The van der Waals surface area contributed by atoms with Crippen molar-refractivity contribution in [1.29, 1.82) is 0 Å². The second kappa shape index (κ2) is 8.41. The maximum absolute atomic E-state index is 12.8. The van der Waals surface area contributed by atoms with Crippen LogP contribution in [0, 0.1) is 0 Å². The Bertz CT molecular complexity index is 902. The molecule has 1 fully saturated rings. The van der Waals surface area contributed by atoms with Gasteiger partial charge >= 0.3 is 12.3 Å². The van der Waals surface area contributed by atoms with Gasteiger partial charge in [-0.15, -0.1) is 0 Å². The fourth-order valence-corrected chi connectivity index (χ4v) is 3.41. The van der Waals surface area contributed by atoms with Crippen LogP contribution in [-0.2, 0) is 17.3 Å². The third kappa shape index (κ3) is 5.62. The summed E-state index contributed by atoms with van der Waals surface area (Å²) in [5, 5.41) is 3.74. The maximum Gasteiger partial charge on any atom is 0.420 e. The molecular formula is C19H23ClF3N5O2. The quantitative estimate of drug-likeness (QED) is 0.650. The molecule has 0 spiro atoms. The third-order valence-corrected chi connectivity index (χ3v) is 4.89. The highest BCUT2D eigenvalue weighted by Gasteiger charge is 2.34. The summed E-state index contributed by atoms with van der Waals surface area (Å²) in [6.45, 7) is 6.61. The number of carbonyl (C=O) groups excluding carboxylic acids is 1. The first-order valence-electron chi connectivity index (χ1n) is 9.52. The van der Waals surface area contributed by atoms with E-state index in [1.54, 1.807) is 11.1 Å². The second-order valence-corrected chi connectivity index (χ2v) is 8.55. The Morgan fingerprint density at radius 3 is 2.47 bits per heavy atom. The van der Waals surface area contributed by atoms with E-state index in [1.807, 2.05) is 31.6 Å². The van der Waals surface area contributed by atoms with Crippen LogP contribution in [0.2, 0.25) is 5.15 Å². The number of ether oxygens (including phenoxy) is 1. The number of alkyl halides is 3. The molecule has 1 amide bonds. The number of carbonyl (C=O) groups is 1. The first kappa shape index (κ1) is 22.3. The number of halogens is 4. The number of nitrogens with zero attached hydrogens (tertiary/aromatic N) is 5. The highest BCUT2D eigenvalue weighted by molar-refractivity contribution is 6.30. The van der Waals surface area contributed by atoms with Gasteiger partial charge in [0.05, 0.1) is 12.2 Å². The van der Waals surface area contributed by atoms with Gasteiger partial charge < -0.3 is 9.64 Å². The Labute approximate surface area is 177 Å². The van der Waals surface area contributed by atoms with Crippen LogP contribution in [0.5, 0.6) is 0 Å². The molecule has 30 heavy (non-hydrogen) atoms. The van der Waals surface area contributed by atoms with E-state index in [1.165, 1.54) is 0 Å². The van der Waals surface area contributed by atoms with Gasteiger partial charge in [-0.25, -0.2) is 14.8 Å². The molecule has 0 aliphatic carbocycles. The summed E-state index contributed by atoms with van der Waals surface area (Å²) in [6.07, 6.45) is 0.910. The molecule has 7 nitrogen and oxygen atoms in total. The fourth-order valence-electron chi connectivity index (χ4n) is 3.16. The minimum Gasteiger partial charge on any atom is -0.444 e. The summed E-state index contributed by atoms with van der Waals surface area (Å²) in [4.78, 5) is 21.4. The van der Waals surface area contributed by atoms with Crippen molar-refractivity contribution in [1.82, 2.24) is 24.6 Å². The predicted molar refractivity (Wildman–Crippen MR) is 103 cm³/mol. The smallest absolute Gasteiger partial charge is 0.420 e. The van der Waals surface area contributed by atoms with Gasteiger partial charge in [-0.1, -0.05) is 11.6 Å². The lowest BCUT2D eigenvalue weighted by molar-refractivity contribution is -0.138. The molecule has 0 radical (unpaired) electrons. The zero-order valence-corrected chi connectivity index (χ0v) is 17.7. The van der Waals surface area contributed by atoms with E-state index in [2.05, 4.69) is 15.1 Å². The van der Waals surface area contributed by atoms with Crippen molar-refractivity contribution in [2.24, 2.45) is 0 Å². The van der Waals surface area contributed by atoms with Gasteiger partial charge in [-0.3, -0.25) is 4.68 Å². The average Bonchev–Trinajstić information content (AvgIpc) is 3.08. The number of likely N-dealkylation sites (tertiary alicyclic amines) is 1. The molecule has 0 unspecified atom stereocenters. The lowest BCUT2D eigenvalue weighted by Gasteiger charge is -2.33. The Balaban J connectivity index is 1.59. The SMILES string of the molecule is CC(C)(C)OC(=O)N1CCC(n2cc(Cc3ncc(C(F)(F)F)c(Cl)n3)cn2)CC1. The van der Waals surface area contributed by atoms with E-state index >= 15 is 0 Å². The summed E-state index contributed by atoms with van der Waals surface area (Å²) in [5.74, 6) is 0.187. The van der Waals surface area contributed by atoms with Crippen molar-refractivity contribution in [3.05, 3.63) is 40.7 Å². The minimum atomic E-state index is -4.59. The standard InChI is InChI=1S/C19H23ClF3N5O2/c1-18(2,3)30-17(29)27-6-4-13(5-7-27)28-11-12(9-25-28)8-15-24-10-14(16(20)26-15)19(21,22)23/h9-11,13H,4-8H2,1-3H3. The highest BCUT2D eigenvalue weighted by Crippen LogP contribution is 2.33. The van der Waals surface area contributed by atoms with Crippen LogP contribution in [0.25, 0.3) is 0 Å². The summed E-state index contributed by atoms with van der Waals surface area (Å²) in [5.41, 5.74) is -0.825. The second-order valence-electron chi connectivity index (χ2n) is 8.19. The monoisotopic (exact) mass is 445 g/mol. The van der Waals surface area contributed by atoms with Crippen LogP contribution in [-0.4, -0.2) is 49.4 Å². The normalized spacial score (nSPS) is 16.0. The highest BCUT2D eigenvalue weighted by atomic mass is 35.5. The van der Waals surface area contributed by atoms with Crippen LogP contribution in [0.3, 0.4) is 0 Å². The number of aromatic nitrogens is 4. The van der Waals surface area contributed by atoms with Gasteiger partial charge in [-0.2, -0.15) is 18.3 Å². The molecule has 1 aliphatic heterocycles. The molecule has 0 N–H and O–H groups in total. The van der Waals surface area contributed by atoms with Gasteiger partial charge in [0.1, 0.15) is 22.1 Å². The zero-order chi connectivity index (χ0) is 22.1. The Morgan fingerprint density at radius 1 is 1.23 bits per heavy atom. The molecule has 11 heteroatoms. The molecule has 0 atom stereocenters. The molecule has 3 rings (SSSR count). The van der Waals surface area contributed by atoms with Crippen LogP contribution < -0.4 is 0 Å². The molecular weight excluding hydrogens is 423 g/mol. The molecule has 0 bridgehead atoms. The first-order chi connectivity index (χ1) is 13.9. The number of amides is 1. The van der Waals surface area contributed by atoms with Gasteiger partial charge in [-0.05, 0) is 39.2 Å². The van der Waals surface area contributed by atoms with Crippen molar-refractivity contribution >= 4 is 17.7 Å². The van der Waals surface area contributed by atoms with E-state index in [0.29, 0.717) is 19.3 Å². The lowest BCUT2D eigenvalue weighted by atomic mass is 10.1. The van der Waals surface area contributed by atoms with Crippen molar-refractivity contribution in [2.45, 2.75) is 57.9 Å². The Hall–Kier alpha value is -2.36. The third-order valence-electron chi connectivity index (χ3n) is 4.61. The van der Waals surface area contributed by atoms with E-state index in [9.17, 15) is 18.0 Å². The summed E-state index contributed by atoms with van der Waals surface area (Å²) in [6, 6.07) is 0.120. The van der Waals surface area contributed by atoms with E-state index in [4.69, 9.17) is 16.3 Å². The van der Waals surface area contributed by atoms with Crippen LogP contribution in [0.4, 0.5) is 18.0 Å². The molecule has 1 aliphatic rings. The number of rotatable bonds is 3. The van der Waals surface area contributed by atoms with Crippen LogP contribution in [0.15, 0.2) is 18.6 Å². The van der Waals surface area contributed by atoms with Crippen molar-refractivity contribution < 1.29 is 22.7 Å². The zero-order valence-electron chi connectivity index (χ0n) is 16.9. The summed E-state index contributed by atoms with van der Waals surface area (Å²) >= 11 is 5.65. The summed E-state index contributed by atoms with van der Waals surface area (Å²) in [7, 11) is 0. The van der Waals surface area contributed by atoms with Crippen molar-refractivity contribution in [3.63, 3.8) is 0 Å². The van der Waals surface area contributed by atoms with E-state index < -0.39 is 22.5 Å². The maximum atomic E-state index is 12.8. The molecule has 0 aromatic carbocycles. The molecule has 164 valence electrons. The Kier molecular flexibility index (Phi) is 6.26. The topological polar surface area (TPSA) is 73.1 Å². The lowest BCUT2D eigenvalue weighted by Crippen LogP contribution is -2.42. The molecule has 3 heterocycles. The number of piperidine rings is 1. The fraction of sp³-hybridized carbons (Fsp3) is 0.579. The molecule has 2 aromatic heterocycles. The van der Waals surface area contributed by atoms with Gasteiger partial charge in [0, 0.05) is 31.9 Å². The average molecular weight is 446 g/mol. The molecule has 1 saturated heterocycles. The summed E-state index contributed by atoms with van der Waals surface area (Å²) < 4.78 is 45.5. The number of hydrogen-bond donors (Lipinski definition) is 0. The molecule has 2 aromatic rings. The molecule has 0 saturated carbocycles. The van der Waals surface area contributed by atoms with Gasteiger partial charge in [0.25, 0.3) is 0 Å². The van der Waals surface area contributed by atoms with Gasteiger partial charge in [0.2, 0.25) is 0 Å². The van der Waals surface area contributed by atoms with Crippen molar-refractivity contribution in [3.8, 4) is 0 Å². The van der Waals surface area contributed by atoms with E-state index in [0.717, 1.165) is 18.4 Å². The van der Waals surface area contributed by atoms with Gasteiger partial charge in [0.15, 0.2) is 0 Å². The van der Waals surface area contributed by atoms with E-state index in [-0.39, 0.29) is 24.4 Å². The van der Waals surface area contributed by atoms with Crippen LogP contribution in [0.1, 0.15) is 56.6 Å².